The molecule has 0 aliphatic rings. The third-order valence-corrected chi connectivity index (χ3v) is 3.51. The summed E-state index contributed by atoms with van der Waals surface area (Å²) in [7, 11) is 1.69. The summed E-state index contributed by atoms with van der Waals surface area (Å²) in [5.41, 5.74) is 14.3. The molecule has 1 aromatic carbocycles. The quantitative estimate of drug-likeness (QED) is 0.816. The number of hydrogen-bond acceptors (Lipinski definition) is 3. The SMILES string of the molecule is COc1ccc(C(C)C)cc1C(N)C(C)CCN. The monoisotopic (exact) mass is 250 g/mol. The van der Waals surface area contributed by atoms with E-state index in [9.17, 15) is 0 Å². The maximum absolute atomic E-state index is 6.33. The fourth-order valence-electron chi connectivity index (χ4n) is 2.12. The van der Waals surface area contributed by atoms with Crippen molar-refractivity contribution in [1.82, 2.24) is 0 Å². The van der Waals surface area contributed by atoms with Gasteiger partial charge in [-0.2, -0.15) is 0 Å². The highest BCUT2D eigenvalue weighted by Crippen LogP contribution is 2.32. The molecule has 0 fully saturated rings. The first kappa shape index (κ1) is 15.0. The molecule has 0 spiro atoms. The van der Waals surface area contributed by atoms with Crippen LogP contribution in [0.25, 0.3) is 0 Å². The summed E-state index contributed by atoms with van der Waals surface area (Å²) in [5, 5.41) is 0. The minimum Gasteiger partial charge on any atom is -0.496 e. The van der Waals surface area contributed by atoms with Crippen molar-refractivity contribution in [3.8, 4) is 5.75 Å². The lowest BCUT2D eigenvalue weighted by Gasteiger charge is -2.23. The molecule has 0 saturated heterocycles. The molecule has 0 aliphatic carbocycles. The molecule has 0 amide bonds. The van der Waals surface area contributed by atoms with Crippen LogP contribution in [0.15, 0.2) is 18.2 Å². The Bertz CT molecular complexity index is 377. The zero-order chi connectivity index (χ0) is 13.7. The van der Waals surface area contributed by atoms with E-state index in [2.05, 4.69) is 32.9 Å². The van der Waals surface area contributed by atoms with Gasteiger partial charge in [0.15, 0.2) is 0 Å². The van der Waals surface area contributed by atoms with Crippen LogP contribution in [0.2, 0.25) is 0 Å². The minimum atomic E-state index is -0.0257. The molecule has 1 rings (SSSR count). The lowest BCUT2D eigenvalue weighted by Crippen LogP contribution is -2.22. The van der Waals surface area contributed by atoms with Gasteiger partial charge in [-0.3, -0.25) is 0 Å². The molecule has 0 aliphatic heterocycles. The molecule has 4 N–H and O–H groups in total. The van der Waals surface area contributed by atoms with E-state index in [4.69, 9.17) is 16.2 Å². The van der Waals surface area contributed by atoms with Gasteiger partial charge >= 0.3 is 0 Å². The molecule has 1 aromatic rings. The van der Waals surface area contributed by atoms with Gasteiger partial charge in [0.05, 0.1) is 7.11 Å². The standard InChI is InChI=1S/C15H26N2O/c1-10(2)12-5-6-14(18-4)13(9-12)15(17)11(3)7-8-16/h5-6,9-11,15H,7-8,16-17H2,1-4H3. The summed E-state index contributed by atoms with van der Waals surface area (Å²) in [6, 6.07) is 6.26. The Hall–Kier alpha value is -1.06. The van der Waals surface area contributed by atoms with Crippen molar-refractivity contribution in [2.75, 3.05) is 13.7 Å². The first-order chi connectivity index (χ1) is 8.51. The molecule has 18 heavy (non-hydrogen) atoms. The van der Waals surface area contributed by atoms with Gasteiger partial charge in [-0.25, -0.2) is 0 Å². The van der Waals surface area contributed by atoms with Crippen LogP contribution >= 0.6 is 0 Å². The van der Waals surface area contributed by atoms with E-state index in [-0.39, 0.29) is 6.04 Å². The summed E-state index contributed by atoms with van der Waals surface area (Å²) in [6.45, 7) is 7.17. The maximum Gasteiger partial charge on any atom is 0.123 e. The van der Waals surface area contributed by atoms with E-state index < -0.39 is 0 Å². The van der Waals surface area contributed by atoms with E-state index in [1.54, 1.807) is 7.11 Å². The second kappa shape index (κ2) is 6.76. The summed E-state index contributed by atoms with van der Waals surface area (Å²) in [4.78, 5) is 0. The van der Waals surface area contributed by atoms with Gasteiger partial charge in [-0.15, -0.1) is 0 Å². The molecule has 0 bridgehead atoms. The highest BCUT2D eigenvalue weighted by Gasteiger charge is 2.19. The topological polar surface area (TPSA) is 61.3 Å². The Morgan fingerprint density at radius 1 is 1.22 bits per heavy atom. The normalized spacial score (nSPS) is 14.6. The van der Waals surface area contributed by atoms with Crippen molar-refractivity contribution in [2.45, 2.75) is 39.2 Å². The number of benzene rings is 1. The Morgan fingerprint density at radius 2 is 1.89 bits per heavy atom. The Labute approximate surface area is 111 Å². The van der Waals surface area contributed by atoms with E-state index in [0.29, 0.717) is 18.4 Å². The maximum atomic E-state index is 6.33. The van der Waals surface area contributed by atoms with Crippen LogP contribution in [-0.2, 0) is 0 Å². The third-order valence-electron chi connectivity index (χ3n) is 3.51. The smallest absolute Gasteiger partial charge is 0.123 e. The van der Waals surface area contributed by atoms with Crippen LogP contribution in [0.3, 0.4) is 0 Å². The fourth-order valence-corrected chi connectivity index (χ4v) is 2.12. The molecule has 0 saturated carbocycles. The van der Waals surface area contributed by atoms with Gasteiger partial charge in [0.25, 0.3) is 0 Å². The number of hydrogen-bond donors (Lipinski definition) is 2. The zero-order valence-corrected chi connectivity index (χ0v) is 11.9. The van der Waals surface area contributed by atoms with E-state index in [1.165, 1.54) is 5.56 Å². The lowest BCUT2D eigenvalue weighted by molar-refractivity contribution is 0.385. The molecular weight excluding hydrogens is 224 g/mol. The van der Waals surface area contributed by atoms with Gasteiger partial charge in [0.2, 0.25) is 0 Å². The molecule has 102 valence electrons. The van der Waals surface area contributed by atoms with Crippen LogP contribution < -0.4 is 16.2 Å². The van der Waals surface area contributed by atoms with Gasteiger partial charge in [0.1, 0.15) is 5.75 Å². The van der Waals surface area contributed by atoms with Crippen molar-refractivity contribution < 1.29 is 4.74 Å². The lowest BCUT2D eigenvalue weighted by atomic mass is 9.89. The van der Waals surface area contributed by atoms with Crippen LogP contribution in [-0.4, -0.2) is 13.7 Å². The molecule has 2 unspecified atom stereocenters. The predicted octanol–water partition coefficient (Wildman–Crippen LogP) is 2.80. The molecule has 0 radical (unpaired) electrons. The molecule has 0 aromatic heterocycles. The van der Waals surface area contributed by atoms with Crippen LogP contribution in [0.4, 0.5) is 0 Å². The second-order valence-corrected chi connectivity index (χ2v) is 5.24. The van der Waals surface area contributed by atoms with Crippen molar-refractivity contribution in [1.29, 1.82) is 0 Å². The third kappa shape index (κ3) is 3.47. The number of methoxy groups -OCH3 is 1. The van der Waals surface area contributed by atoms with Gasteiger partial charge in [0, 0.05) is 11.6 Å². The Kier molecular flexibility index (Phi) is 5.63. The number of rotatable bonds is 6. The van der Waals surface area contributed by atoms with Crippen LogP contribution in [0.5, 0.6) is 5.75 Å². The Balaban J connectivity index is 3.07. The highest BCUT2D eigenvalue weighted by atomic mass is 16.5. The molecular formula is C15H26N2O. The number of nitrogens with two attached hydrogens (primary N) is 2. The summed E-state index contributed by atoms with van der Waals surface area (Å²) in [6.07, 6.45) is 0.927. The average Bonchev–Trinajstić information content (AvgIpc) is 2.37. The van der Waals surface area contributed by atoms with Crippen molar-refractivity contribution in [2.24, 2.45) is 17.4 Å². The average molecular weight is 250 g/mol. The first-order valence-corrected chi connectivity index (χ1v) is 6.64. The molecule has 3 nitrogen and oxygen atoms in total. The van der Waals surface area contributed by atoms with Gasteiger partial charge < -0.3 is 16.2 Å². The van der Waals surface area contributed by atoms with E-state index in [0.717, 1.165) is 17.7 Å². The molecule has 3 heteroatoms. The van der Waals surface area contributed by atoms with Crippen molar-refractivity contribution in [3.63, 3.8) is 0 Å². The minimum absolute atomic E-state index is 0.0257. The summed E-state index contributed by atoms with van der Waals surface area (Å²) >= 11 is 0. The van der Waals surface area contributed by atoms with E-state index in [1.807, 2.05) is 6.07 Å². The predicted molar refractivity (Wildman–Crippen MR) is 76.8 cm³/mol. The van der Waals surface area contributed by atoms with Crippen molar-refractivity contribution >= 4 is 0 Å². The highest BCUT2D eigenvalue weighted by molar-refractivity contribution is 5.40. The molecule has 0 heterocycles. The van der Waals surface area contributed by atoms with Gasteiger partial charge in [-0.1, -0.05) is 32.9 Å². The summed E-state index contributed by atoms with van der Waals surface area (Å²) < 4.78 is 5.42. The fraction of sp³-hybridized carbons (Fsp3) is 0.600. The zero-order valence-electron chi connectivity index (χ0n) is 11.9. The summed E-state index contributed by atoms with van der Waals surface area (Å²) in [5.74, 6) is 1.72. The number of ether oxygens (including phenoxy) is 1. The van der Waals surface area contributed by atoms with Gasteiger partial charge in [-0.05, 0) is 36.4 Å². The van der Waals surface area contributed by atoms with Crippen molar-refractivity contribution in [3.05, 3.63) is 29.3 Å². The molecule has 2 atom stereocenters. The first-order valence-electron chi connectivity index (χ1n) is 6.64. The van der Waals surface area contributed by atoms with Crippen LogP contribution in [0.1, 0.15) is 50.3 Å². The van der Waals surface area contributed by atoms with Crippen LogP contribution in [0, 0.1) is 5.92 Å². The second-order valence-electron chi connectivity index (χ2n) is 5.24. The van der Waals surface area contributed by atoms with E-state index >= 15 is 0 Å². The Morgan fingerprint density at radius 3 is 2.39 bits per heavy atom. The largest absolute Gasteiger partial charge is 0.496 e.